The highest BCUT2D eigenvalue weighted by atomic mass is 16.4. The van der Waals surface area contributed by atoms with Crippen LogP contribution in [0.5, 0.6) is 0 Å². The maximum Gasteiger partial charge on any atom is 0.272 e. The Hall–Kier alpha value is -10.3. The highest BCUT2D eigenvalue weighted by molar-refractivity contribution is 5.96. The molecule has 0 spiro atoms. The summed E-state index contributed by atoms with van der Waals surface area (Å²) in [5.74, 6) is 1.41. The number of aliphatic hydroxyl groups is 2. The molecule has 10 heterocycles. The third kappa shape index (κ3) is 30.1. The number of amides is 5. The first-order valence-corrected chi connectivity index (χ1v) is 40.1. The molecule has 1 atom stereocenters. The van der Waals surface area contributed by atoms with Gasteiger partial charge in [0.15, 0.2) is 5.84 Å². The van der Waals surface area contributed by atoms with Crippen molar-refractivity contribution in [2.45, 2.75) is 236 Å². The van der Waals surface area contributed by atoms with E-state index in [0.717, 1.165) is 96.7 Å². The SMILES string of the molecule is C=C(O)C1CN(C(=O)c2ccc(C(C)(C)C)cn2)C1.CC(C)(C)c1ccc(/C(N)=N/O)nc1.CC(C)(C)c1ccc(C#N)cc1.CC(C)(C)c1ccc(C(=O)N2CC(O)C2)nc1.CC1CCN(C(=O)c2ccc(C(C)(C)C)cn2)CC1.CCCNC(=O)c1ccc(C(C)(C)C)cn1.C[C@@H]1CCN(C(=O)c2ccc(C(C)(C)C)cn2)C1. The number of aromatic nitrogens is 6. The zero-order valence-electron chi connectivity index (χ0n) is 73.2. The van der Waals surface area contributed by atoms with Crippen LogP contribution in [0.4, 0.5) is 0 Å². The molecule has 0 saturated carbocycles. The fraction of sp³-hybridized carbons (Fsp3) is 0.516. The average molecular weight is 1570 g/mol. The Labute approximate surface area is 686 Å². The summed E-state index contributed by atoms with van der Waals surface area (Å²) in [5.41, 5.74) is 17.7. The van der Waals surface area contributed by atoms with Gasteiger partial charge in [0.1, 0.15) is 34.2 Å². The van der Waals surface area contributed by atoms with Gasteiger partial charge >= 0.3 is 0 Å². The van der Waals surface area contributed by atoms with Crippen molar-refractivity contribution in [2.75, 3.05) is 58.9 Å². The summed E-state index contributed by atoms with van der Waals surface area (Å²) in [7, 11) is 0. The van der Waals surface area contributed by atoms with E-state index in [2.05, 4.69) is 212 Å². The van der Waals surface area contributed by atoms with Gasteiger partial charge in [-0.25, -0.2) is 0 Å². The highest BCUT2D eigenvalue weighted by Gasteiger charge is 2.35. The van der Waals surface area contributed by atoms with Crippen molar-refractivity contribution < 1.29 is 39.4 Å². The fourth-order valence-electron chi connectivity index (χ4n) is 11.7. The Kier molecular flexibility index (Phi) is 34.3. The van der Waals surface area contributed by atoms with Gasteiger partial charge in [-0.3, -0.25) is 53.9 Å². The van der Waals surface area contributed by atoms with Gasteiger partial charge in [-0.1, -0.05) is 226 Å². The maximum absolute atomic E-state index is 12.3. The molecule has 5 amide bonds. The van der Waals surface area contributed by atoms with E-state index in [0.29, 0.717) is 72.8 Å². The number of hydrogen-bond acceptors (Lipinski definition) is 16. The summed E-state index contributed by atoms with van der Waals surface area (Å²) in [4.78, 5) is 92.6. The van der Waals surface area contributed by atoms with Crippen LogP contribution >= 0.6 is 0 Å². The minimum Gasteiger partial charge on any atom is -0.513 e. The van der Waals surface area contributed by atoms with Gasteiger partial charge in [-0.05, 0) is 163 Å². The zero-order valence-corrected chi connectivity index (χ0v) is 73.2. The van der Waals surface area contributed by atoms with E-state index < -0.39 is 0 Å². The molecule has 4 fully saturated rings. The summed E-state index contributed by atoms with van der Waals surface area (Å²) < 4.78 is 0. The predicted molar refractivity (Wildman–Crippen MR) is 460 cm³/mol. The third-order valence-corrected chi connectivity index (χ3v) is 20.2. The molecule has 0 radical (unpaired) electrons. The fourth-order valence-corrected chi connectivity index (χ4v) is 11.7. The van der Waals surface area contributed by atoms with Crippen LogP contribution < -0.4 is 11.1 Å². The first-order chi connectivity index (χ1) is 53.3. The second-order valence-corrected chi connectivity index (χ2v) is 37.7. The van der Waals surface area contributed by atoms with Crippen molar-refractivity contribution in [1.29, 1.82) is 5.26 Å². The number of oxime groups is 1. The summed E-state index contributed by atoms with van der Waals surface area (Å²) in [5, 5.41) is 41.1. The normalized spacial score (nSPS) is 15.5. The number of benzene rings is 1. The van der Waals surface area contributed by atoms with Crippen molar-refractivity contribution in [3.63, 3.8) is 0 Å². The van der Waals surface area contributed by atoms with Gasteiger partial charge in [0.05, 0.1) is 29.4 Å². The molecule has 622 valence electrons. The van der Waals surface area contributed by atoms with Crippen molar-refractivity contribution in [3.05, 3.63) is 225 Å². The third-order valence-electron chi connectivity index (χ3n) is 20.2. The number of nitriles is 1. The summed E-state index contributed by atoms with van der Waals surface area (Å²) >= 11 is 0. The number of carbonyl (C=O) groups is 5. The lowest BCUT2D eigenvalue weighted by molar-refractivity contribution is 0.00550. The lowest BCUT2D eigenvalue weighted by atomic mass is 9.87. The molecule has 0 aliphatic carbocycles. The molecule has 4 aliphatic rings. The smallest absolute Gasteiger partial charge is 0.272 e. The maximum atomic E-state index is 12.3. The van der Waals surface area contributed by atoms with Gasteiger partial charge in [-0.15, -0.1) is 0 Å². The van der Waals surface area contributed by atoms with Crippen LogP contribution in [0.1, 0.15) is 294 Å². The monoisotopic (exact) mass is 1570 g/mol. The number of nitrogens with zero attached hydrogens (tertiary/aromatic N) is 12. The zero-order chi connectivity index (χ0) is 86.4. The minimum atomic E-state index is -0.368. The molecule has 0 bridgehead atoms. The second-order valence-electron chi connectivity index (χ2n) is 37.7. The molecule has 7 aromatic rings. The quantitative estimate of drug-likeness (QED) is 0.0295. The van der Waals surface area contributed by atoms with Crippen LogP contribution in [0.25, 0.3) is 0 Å². The number of piperidine rings is 1. The Bertz CT molecular complexity index is 4340. The van der Waals surface area contributed by atoms with Crippen LogP contribution in [0.3, 0.4) is 0 Å². The van der Waals surface area contributed by atoms with E-state index in [4.69, 9.17) is 21.3 Å². The number of β-amino-alcohol motifs (C(OH)–C–C–N with tert-alkyl or cyclic N) is 1. The molecular weight excluding hydrogens is 1440 g/mol. The first-order valence-electron chi connectivity index (χ1n) is 40.1. The van der Waals surface area contributed by atoms with Gasteiger partial charge < -0.3 is 46.1 Å². The van der Waals surface area contributed by atoms with E-state index >= 15 is 0 Å². The molecule has 1 aromatic carbocycles. The molecule has 4 aliphatic heterocycles. The Morgan fingerprint density at radius 1 is 0.443 bits per heavy atom. The van der Waals surface area contributed by atoms with Crippen LogP contribution in [-0.2, 0) is 37.9 Å². The summed E-state index contributed by atoms with van der Waals surface area (Å²) in [6.07, 6.45) is 14.6. The largest absolute Gasteiger partial charge is 0.513 e. The van der Waals surface area contributed by atoms with Gasteiger partial charge in [0.25, 0.3) is 29.5 Å². The number of pyridine rings is 6. The Morgan fingerprint density at radius 2 is 0.730 bits per heavy atom. The number of hydrogen-bond donors (Lipinski definition) is 5. The molecule has 22 heteroatoms. The Morgan fingerprint density at radius 3 is 1.00 bits per heavy atom. The van der Waals surface area contributed by atoms with Gasteiger partial charge in [0.2, 0.25) is 0 Å². The molecular formula is C93H132N14O8. The van der Waals surface area contributed by atoms with E-state index in [1.54, 1.807) is 58.9 Å². The number of aliphatic hydroxyl groups excluding tert-OH is 2. The topological polar surface area (TPSA) is 311 Å². The number of carbonyl (C=O) groups excluding carboxylic acids is 5. The van der Waals surface area contributed by atoms with Crippen molar-refractivity contribution in [1.82, 2.24) is 54.8 Å². The number of likely N-dealkylation sites (tertiary alicyclic amines) is 4. The summed E-state index contributed by atoms with van der Waals surface area (Å²) in [6.45, 7) is 60.7. The number of amidine groups is 1. The molecule has 4 saturated heterocycles. The molecule has 22 nitrogen and oxygen atoms in total. The average Bonchev–Trinajstić information content (AvgIpc) is 1.72. The van der Waals surface area contributed by atoms with Crippen molar-refractivity contribution >= 4 is 35.4 Å². The minimum absolute atomic E-state index is 0.0119. The van der Waals surface area contributed by atoms with E-state index in [-0.39, 0.29) is 91.1 Å². The lowest BCUT2D eigenvalue weighted by Crippen LogP contribution is -2.53. The van der Waals surface area contributed by atoms with E-state index in [1.165, 1.54) is 5.56 Å². The molecule has 0 unspecified atom stereocenters. The van der Waals surface area contributed by atoms with Crippen LogP contribution in [0.2, 0.25) is 0 Å². The van der Waals surface area contributed by atoms with Crippen LogP contribution in [0, 0.1) is 29.1 Å². The molecule has 11 rings (SSSR count). The second kappa shape index (κ2) is 41.3. The highest BCUT2D eigenvalue weighted by Crippen LogP contribution is 2.30. The lowest BCUT2D eigenvalue weighted by Gasteiger charge is -2.38. The molecule has 6 aromatic heterocycles. The van der Waals surface area contributed by atoms with E-state index in [1.807, 2.05) is 102 Å². The first kappa shape index (κ1) is 95.3. The van der Waals surface area contributed by atoms with Gasteiger partial charge in [0, 0.05) is 96.1 Å². The van der Waals surface area contributed by atoms with Crippen LogP contribution in [-0.4, -0.2) is 165 Å². The summed E-state index contributed by atoms with van der Waals surface area (Å²) in [6, 6.07) is 32.4. The number of rotatable bonds is 9. The van der Waals surface area contributed by atoms with Crippen molar-refractivity contribution in [3.8, 4) is 6.07 Å². The standard InChI is InChI=1S/C16H24N2O.C15H20N2O2.C15H22N2O.C13H18N2O2.C13H20N2O.C11H13N.C10H15N3O/c1-12-7-9-18(10-8-12)15(19)14-6-5-13(11-17-14)16(2,3)4;1-10(18)11-8-17(9-11)14(19)13-6-5-12(7-16-13)15(2,3)4;1-11-7-8-17(10-11)14(18)13-6-5-12(9-16-13)15(2,3)4;1-13(2,3)9-4-5-11(14-6-9)12(17)15-7-10(16)8-15;1-5-8-14-12(16)11-7-6-10(9-15-11)13(2,3)4;1-11(2,3)10-6-4-9(8-12)5-7-10;1-10(2,3)7-4-5-8(12-6-7)9(11)13-14/h5-6,11-12H,7-10H2,1-4H3;5-7,11,18H,1,8-9H2,2-4H3;5-6,9,11H,7-8,10H2,1-4H3;4-6,10,16H,7-8H2,1-3H3;6-7,9H,5,8H2,1-4H3,(H,14,16);4-7H,1-3H3;4-6,14H,1-3H3,(H2,11,13)/t;;11-;;;;/m..1..../s1. The van der Waals surface area contributed by atoms with E-state index in [9.17, 15) is 29.1 Å². The predicted octanol–water partition coefficient (Wildman–Crippen LogP) is 16.7. The van der Waals surface area contributed by atoms with Gasteiger partial charge in [-0.2, -0.15) is 5.26 Å². The van der Waals surface area contributed by atoms with Crippen LogP contribution in [0.15, 0.2) is 152 Å². The van der Waals surface area contributed by atoms with Crippen molar-refractivity contribution in [2.24, 2.45) is 28.6 Å². The molecule has 115 heavy (non-hydrogen) atoms. The molecule has 6 N–H and O–H groups in total. The Balaban J connectivity index is 0.000000241. The number of nitrogens with one attached hydrogen (secondary N) is 1. The number of nitrogens with two attached hydrogens (primary N) is 1.